The van der Waals surface area contributed by atoms with Gasteiger partial charge in [-0.1, -0.05) is 18.2 Å². The predicted molar refractivity (Wildman–Crippen MR) is 63.5 cm³/mol. The number of carbonyl (C=O) groups is 2. The van der Waals surface area contributed by atoms with E-state index in [9.17, 15) is 9.59 Å². The Morgan fingerprint density at radius 2 is 1.88 bits per heavy atom. The van der Waals surface area contributed by atoms with Gasteiger partial charge in [-0.25, -0.2) is 4.79 Å². The minimum Gasteiger partial charge on any atom is -0.410 e. The van der Waals surface area contributed by atoms with Gasteiger partial charge in [0.05, 0.1) is 0 Å². The second-order valence-corrected chi connectivity index (χ2v) is 3.55. The van der Waals surface area contributed by atoms with Crippen LogP contribution in [0.5, 0.6) is 5.75 Å². The highest BCUT2D eigenvalue weighted by atomic mass is 16.5. The first-order valence-electron chi connectivity index (χ1n) is 5.47. The maximum absolute atomic E-state index is 11.3. The number of rotatable bonds is 6. The predicted octanol–water partition coefficient (Wildman–Crippen LogP) is 1.43. The van der Waals surface area contributed by atoms with Gasteiger partial charge in [0.15, 0.2) is 0 Å². The van der Waals surface area contributed by atoms with Crippen molar-refractivity contribution >= 4 is 12.0 Å². The molecule has 92 valence electrons. The van der Waals surface area contributed by atoms with Crippen LogP contribution in [0.2, 0.25) is 0 Å². The second kappa shape index (κ2) is 7.27. The number of unbranched alkanes of at least 4 members (excludes halogenated alkanes) is 1. The molecule has 0 aliphatic carbocycles. The summed E-state index contributed by atoms with van der Waals surface area (Å²) in [6.45, 7) is 0.471. The third-order valence-electron chi connectivity index (χ3n) is 2.07. The summed E-state index contributed by atoms with van der Waals surface area (Å²) >= 11 is 0. The fourth-order valence-electron chi connectivity index (χ4n) is 1.25. The summed E-state index contributed by atoms with van der Waals surface area (Å²) in [4.78, 5) is 21.7. The Hall–Kier alpha value is -2.04. The van der Waals surface area contributed by atoms with E-state index in [4.69, 9.17) is 10.5 Å². The van der Waals surface area contributed by atoms with E-state index in [-0.39, 0.29) is 5.91 Å². The summed E-state index contributed by atoms with van der Waals surface area (Å²) in [5.41, 5.74) is 4.99. The summed E-state index contributed by atoms with van der Waals surface area (Å²) in [7, 11) is 0. The summed E-state index contributed by atoms with van der Waals surface area (Å²) in [5.74, 6) is 0.180. The van der Waals surface area contributed by atoms with E-state index in [1.807, 2.05) is 6.07 Å². The maximum atomic E-state index is 11.3. The fourth-order valence-corrected chi connectivity index (χ4v) is 1.25. The summed E-state index contributed by atoms with van der Waals surface area (Å²) in [6.07, 6.45) is 1.22. The molecule has 0 spiro atoms. The molecule has 0 bridgehead atoms. The van der Waals surface area contributed by atoms with Gasteiger partial charge in [0.1, 0.15) is 5.75 Å². The molecule has 0 aromatic heterocycles. The molecule has 5 nitrogen and oxygen atoms in total. The fraction of sp³-hybridized carbons (Fsp3) is 0.333. The number of amides is 2. The smallest absolute Gasteiger partial charge is 0.410 e. The zero-order valence-corrected chi connectivity index (χ0v) is 9.52. The standard InChI is InChI=1S/C12H16N2O3/c13-11(15)8-4-5-9-14-12(16)17-10-6-2-1-3-7-10/h1-3,6-7H,4-5,8-9H2,(H2,13,15)(H,14,16). The number of nitrogens with two attached hydrogens (primary N) is 1. The van der Waals surface area contributed by atoms with Gasteiger partial charge in [-0.3, -0.25) is 4.79 Å². The van der Waals surface area contributed by atoms with Crippen molar-refractivity contribution in [1.29, 1.82) is 0 Å². The molecule has 3 N–H and O–H groups in total. The molecule has 0 atom stereocenters. The van der Waals surface area contributed by atoms with Gasteiger partial charge in [0.25, 0.3) is 0 Å². The highest BCUT2D eigenvalue weighted by Gasteiger charge is 2.02. The van der Waals surface area contributed by atoms with Crippen LogP contribution in [0.3, 0.4) is 0 Å². The van der Waals surface area contributed by atoms with Gasteiger partial charge in [0.2, 0.25) is 5.91 Å². The lowest BCUT2D eigenvalue weighted by Gasteiger charge is -2.05. The van der Waals surface area contributed by atoms with Crippen LogP contribution in [0, 0.1) is 0 Å². The minimum absolute atomic E-state index is 0.322. The lowest BCUT2D eigenvalue weighted by Crippen LogP contribution is -2.27. The number of primary amides is 1. The van der Waals surface area contributed by atoms with Crippen LogP contribution < -0.4 is 15.8 Å². The van der Waals surface area contributed by atoms with Gasteiger partial charge in [-0.2, -0.15) is 0 Å². The van der Waals surface area contributed by atoms with Crippen molar-refractivity contribution < 1.29 is 14.3 Å². The van der Waals surface area contributed by atoms with E-state index in [0.717, 1.165) is 0 Å². The molecule has 0 aliphatic heterocycles. The molecule has 1 aromatic rings. The van der Waals surface area contributed by atoms with Crippen LogP contribution in [0.4, 0.5) is 4.79 Å². The number of hydrogen-bond acceptors (Lipinski definition) is 3. The quantitative estimate of drug-likeness (QED) is 0.733. The zero-order valence-electron chi connectivity index (χ0n) is 9.52. The molecule has 0 aliphatic rings. The molecular weight excluding hydrogens is 220 g/mol. The first-order chi connectivity index (χ1) is 8.18. The van der Waals surface area contributed by atoms with Crippen LogP contribution in [-0.4, -0.2) is 18.5 Å². The largest absolute Gasteiger partial charge is 0.412 e. The first kappa shape index (κ1) is 13.0. The molecule has 17 heavy (non-hydrogen) atoms. The first-order valence-corrected chi connectivity index (χ1v) is 5.47. The Labute approximate surface area is 99.9 Å². The van der Waals surface area contributed by atoms with Crippen molar-refractivity contribution in [2.75, 3.05) is 6.54 Å². The van der Waals surface area contributed by atoms with Gasteiger partial charge >= 0.3 is 6.09 Å². The average molecular weight is 236 g/mol. The normalized spacial score (nSPS) is 9.65. The van der Waals surface area contributed by atoms with Gasteiger partial charge in [0, 0.05) is 13.0 Å². The molecular formula is C12H16N2O3. The van der Waals surface area contributed by atoms with E-state index in [1.165, 1.54) is 0 Å². The Balaban J connectivity index is 2.12. The number of nitrogens with one attached hydrogen (secondary N) is 1. The molecule has 0 unspecified atom stereocenters. The van der Waals surface area contributed by atoms with Crippen LogP contribution >= 0.6 is 0 Å². The molecule has 1 aromatic carbocycles. The number of para-hydroxylation sites is 1. The van der Waals surface area contributed by atoms with Crippen LogP contribution in [0.1, 0.15) is 19.3 Å². The molecule has 1 rings (SSSR count). The summed E-state index contributed by atoms with van der Waals surface area (Å²) in [5, 5.41) is 2.59. The average Bonchev–Trinajstić information content (AvgIpc) is 2.29. The third-order valence-corrected chi connectivity index (χ3v) is 2.07. The lowest BCUT2D eigenvalue weighted by molar-refractivity contribution is -0.118. The number of hydrogen-bond donors (Lipinski definition) is 2. The van der Waals surface area contributed by atoms with E-state index < -0.39 is 6.09 Å². The highest BCUT2D eigenvalue weighted by molar-refractivity contribution is 5.73. The van der Waals surface area contributed by atoms with Gasteiger partial charge < -0.3 is 15.8 Å². The van der Waals surface area contributed by atoms with Crippen LogP contribution in [0.25, 0.3) is 0 Å². The van der Waals surface area contributed by atoms with Crippen molar-refractivity contribution in [3.05, 3.63) is 30.3 Å². The second-order valence-electron chi connectivity index (χ2n) is 3.55. The maximum Gasteiger partial charge on any atom is 0.412 e. The Kier molecular flexibility index (Phi) is 5.57. The Bertz CT molecular complexity index is 365. The van der Waals surface area contributed by atoms with Gasteiger partial charge in [-0.15, -0.1) is 0 Å². The molecule has 0 fully saturated rings. The SMILES string of the molecule is NC(=O)CCCCNC(=O)Oc1ccccc1. The van der Waals surface area contributed by atoms with E-state index in [0.29, 0.717) is 31.6 Å². The zero-order chi connectivity index (χ0) is 12.5. The summed E-state index contributed by atoms with van der Waals surface area (Å²) < 4.78 is 5.00. The minimum atomic E-state index is -0.490. The Morgan fingerprint density at radius 3 is 2.53 bits per heavy atom. The Morgan fingerprint density at radius 1 is 1.18 bits per heavy atom. The van der Waals surface area contributed by atoms with Crippen LogP contribution in [-0.2, 0) is 4.79 Å². The van der Waals surface area contributed by atoms with Crippen molar-refractivity contribution in [3.63, 3.8) is 0 Å². The monoisotopic (exact) mass is 236 g/mol. The van der Waals surface area contributed by atoms with E-state index in [2.05, 4.69) is 5.32 Å². The van der Waals surface area contributed by atoms with E-state index in [1.54, 1.807) is 24.3 Å². The van der Waals surface area contributed by atoms with E-state index >= 15 is 0 Å². The van der Waals surface area contributed by atoms with Crippen molar-refractivity contribution in [2.45, 2.75) is 19.3 Å². The van der Waals surface area contributed by atoms with Crippen LogP contribution in [0.15, 0.2) is 30.3 Å². The lowest BCUT2D eigenvalue weighted by atomic mass is 10.2. The molecule has 5 heteroatoms. The molecule has 0 saturated heterocycles. The number of benzene rings is 1. The third kappa shape index (κ3) is 6.19. The topological polar surface area (TPSA) is 81.4 Å². The highest BCUT2D eigenvalue weighted by Crippen LogP contribution is 2.07. The number of ether oxygens (including phenoxy) is 1. The van der Waals surface area contributed by atoms with Crippen molar-refractivity contribution in [2.24, 2.45) is 5.73 Å². The molecule has 0 radical (unpaired) electrons. The number of carbonyl (C=O) groups excluding carboxylic acids is 2. The van der Waals surface area contributed by atoms with Gasteiger partial charge in [-0.05, 0) is 25.0 Å². The molecule has 0 heterocycles. The molecule has 0 saturated carbocycles. The van der Waals surface area contributed by atoms with Crippen molar-refractivity contribution in [3.8, 4) is 5.75 Å². The molecule has 2 amide bonds. The van der Waals surface area contributed by atoms with Crippen molar-refractivity contribution in [1.82, 2.24) is 5.32 Å². The summed E-state index contributed by atoms with van der Waals surface area (Å²) in [6, 6.07) is 8.82.